The second kappa shape index (κ2) is 6.32. The van der Waals surface area contributed by atoms with E-state index in [0.717, 1.165) is 18.0 Å². The maximum absolute atomic E-state index is 13.6. The summed E-state index contributed by atoms with van der Waals surface area (Å²) in [6, 6.07) is 3.96. The number of anilines is 1. The average Bonchev–Trinajstić information content (AvgIpc) is 2.42. The largest absolute Gasteiger partial charge is 0.370 e. The molecule has 1 aliphatic rings. The first-order chi connectivity index (χ1) is 9.08. The summed E-state index contributed by atoms with van der Waals surface area (Å²) in [4.78, 5) is 13.2. The smallest absolute Gasteiger partial charge is 0.282 e. The molecule has 0 radical (unpaired) electrons. The van der Waals surface area contributed by atoms with Gasteiger partial charge in [-0.15, -0.1) is 0 Å². The first-order valence-corrected chi connectivity index (χ1v) is 6.64. The minimum atomic E-state index is -0.523. The van der Waals surface area contributed by atoms with Crippen molar-refractivity contribution in [2.45, 2.75) is 13.0 Å². The van der Waals surface area contributed by atoms with Crippen molar-refractivity contribution in [1.82, 2.24) is 0 Å². The summed E-state index contributed by atoms with van der Waals surface area (Å²) >= 11 is 5.67. The Labute approximate surface area is 116 Å². The molecule has 1 aromatic rings. The molecule has 4 nitrogen and oxygen atoms in total. The summed E-state index contributed by atoms with van der Waals surface area (Å²) in [6.07, 6.45) is 0. The molecule has 0 saturated carbocycles. The molecule has 1 amide bonds. The Morgan fingerprint density at radius 1 is 1.47 bits per heavy atom. The topological polar surface area (TPSA) is 42.8 Å². The normalized spacial score (nSPS) is 18.1. The molecule has 19 heavy (non-hydrogen) atoms. The summed E-state index contributed by atoms with van der Waals surface area (Å²) in [5, 5.41) is 2.91. The van der Waals surface area contributed by atoms with Gasteiger partial charge in [-0.3, -0.25) is 4.79 Å². The monoisotopic (exact) mass is 287 g/mol. The lowest BCUT2D eigenvalue weighted by atomic mass is 10.2. The van der Waals surface area contributed by atoms with E-state index in [-0.39, 0.29) is 17.6 Å². The number of benzene rings is 1. The zero-order valence-corrected chi connectivity index (χ0v) is 11.5. The van der Waals surface area contributed by atoms with Gasteiger partial charge < -0.3 is 15.0 Å². The van der Waals surface area contributed by atoms with Gasteiger partial charge in [0.05, 0.1) is 18.9 Å². The van der Waals surface area contributed by atoms with Crippen LogP contribution in [0, 0.1) is 5.82 Å². The van der Waals surface area contributed by atoms with E-state index >= 15 is 0 Å². The maximum atomic E-state index is 13.6. The van der Waals surface area contributed by atoms with E-state index in [4.69, 9.17) is 16.3 Å². The van der Waals surface area contributed by atoms with Crippen LogP contribution in [-0.2, 0) is 9.53 Å². The van der Waals surface area contributed by atoms with E-state index in [2.05, 4.69) is 5.32 Å². The number of hydrogen-bond acceptors (Lipinski definition) is 2. The number of carbonyl (C=O) groups is 1. The Morgan fingerprint density at radius 3 is 2.79 bits per heavy atom. The highest BCUT2D eigenvalue weighted by Crippen LogP contribution is 2.18. The van der Waals surface area contributed by atoms with Crippen molar-refractivity contribution in [2.75, 3.05) is 31.6 Å². The fourth-order valence-electron chi connectivity index (χ4n) is 2.08. The van der Waals surface area contributed by atoms with Crippen molar-refractivity contribution in [1.29, 1.82) is 0 Å². The minimum Gasteiger partial charge on any atom is -0.370 e. The molecule has 2 rings (SSSR count). The molecular formula is C13H17ClFN2O2+. The predicted molar refractivity (Wildman–Crippen MR) is 71.0 cm³/mol. The number of quaternary nitrogens is 1. The van der Waals surface area contributed by atoms with Crippen molar-refractivity contribution in [3.63, 3.8) is 0 Å². The van der Waals surface area contributed by atoms with Crippen LogP contribution < -0.4 is 10.2 Å². The molecule has 0 aromatic heterocycles. The number of halogens is 2. The minimum absolute atomic E-state index is 0.161. The summed E-state index contributed by atoms with van der Waals surface area (Å²) in [7, 11) is 0. The molecule has 1 aromatic carbocycles. The number of rotatable bonds is 3. The third-order valence-corrected chi connectivity index (χ3v) is 3.56. The zero-order valence-electron chi connectivity index (χ0n) is 10.7. The van der Waals surface area contributed by atoms with Crippen molar-refractivity contribution in [3.05, 3.63) is 29.0 Å². The Balaban J connectivity index is 1.99. The van der Waals surface area contributed by atoms with Gasteiger partial charge in [0.25, 0.3) is 5.91 Å². The van der Waals surface area contributed by atoms with Gasteiger partial charge in [0.15, 0.2) is 6.04 Å². The molecule has 6 heteroatoms. The van der Waals surface area contributed by atoms with Crippen molar-refractivity contribution >= 4 is 23.2 Å². The fourth-order valence-corrected chi connectivity index (χ4v) is 2.24. The Morgan fingerprint density at radius 2 is 2.16 bits per heavy atom. The van der Waals surface area contributed by atoms with Gasteiger partial charge in [0.1, 0.15) is 18.9 Å². The lowest BCUT2D eigenvalue weighted by Gasteiger charge is -2.28. The van der Waals surface area contributed by atoms with Crippen LogP contribution >= 0.6 is 11.6 Å². The Hall–Kier alpha value is -1.17. The zero-order chi connectivity index (χ0) is 13.8. The van der Waals surface area contributed by atoms with Gasteiger partial charge in [0, 0.05) is 5.02 Å². The Kier molecular flexibility index (Phi) is 4.74. The van der Waals surface area contributed by atoms with Crippen molar-refractivity contribution < 1.29 is 18.8 Å². The fraction of sp³-hybridized carbons (Fsp3) is 0.462. The van der Waals surface area contributed by atoms with Crippen molar-refractivity contribution in [3.8, 4) is 0 Å². The molecule has 0 unspecified atom stereocenters. The van der Waals surface area contributed by atoms with Gasteiger partial charge in [-0.2, -0.15) is 0 Å². The molecule has 1 atom stereocenters. The van der Waals surface area contributed by atoms with Crippen LogP contribution in [0.3, 0.4) is 0 Å². The first-order valence-electron chi connectivity index (χ1n) is 6.26. The van der Waals surface area contributed by atoms with E-state index in [9.17, 15) is 9.18 Å². The van der Waals surface area contributed by atoms with Crippen LogP contribution in [0.5, 0.6) is 0 Å². The standard InChI is InChI=1S/C13H16ClFN2O2/c1-9(17-4-6-19-7-5-17)13(18)16-12-3-2-10(14)8-11(12)15/h2-3,8-9H,4-7H2,1H3,(H,16,18)/p+1/t9-/m1/s1. The van der Waals surface area contributed by atoms with Crippen LogP contribution in [0.2, 0.25) is 5.02 Å². The number of ether oxygens (including phenoxy) is 1. The quantitative estimate of drug-likeness (QED) is 0.860. The molecule has 1 aliphatic heterocycles. The lowest BCUT2D eigenvalue weighted by Crippen LogP contribution is -3.18. The van der Waals surface area contributed by atoms with Crippen molar-refractivity contribution in [2.24, 2.45) is 0 Å². The van der Waals surface area contributed by atoms with Crippen LogP contribution in [0.15, 0.2) is 18.2 Å². The van der Waals surface area contributed by atoms with E-state index in [1.54, 1.807) is 6.07 Å². The van der Waals surface area contributed by atoms with Crippen LogP contribution in [0.1, 0.15) is 6.92 Å². The molecule has 2 N–H and O–H groups in total. The van der Waals surface area contributed by atoms with Gasteiger partial charge in [-0.1, -0.05) is 11.6 Å². The molecule has 0 spiro atoms. The number of hydrogen-bond donors (Lipinski definition) is 2. The van der Waals surface area contributed by atoms with Crippen LogP contribution in [0.25, 0.3) is 0 Å². The summed E-state index contributed by atoms with van der Waals surface area (Å²) in [5.74, 6) is -0.719. The second-order valence-corrected chi connectivity index (χ2v) is 5.04. The third kappa shape index (κ3) is 3.65. The molecule has 0 bridgehead atoms. The van der Waals surface area contributed by atoms with Crippen LogP contribution in [-0.4, -0.2) is 38.3 Å². The van der Waals surface area contributed by atoms with Crippen LogP contribution in [0.4, 0.5) is 10.1 Å². The molecule has 1 saturated heterocycles. The highest BCUT2D eigenvalue weighted by molar-refractivity contribution is 6.30. The average molecular weight is 288 g/mol. The van der Waals surface area contributed by atoms with Gasteiger partial charge in [-0.25, -0.2) is 4.39 Å². The molecule has 1 heterocycles. The summed E-state index contributed by atoms with van der Waals surface area (Å²) in [6.45, 7) is 4.73. The highest BCUT2D eigenvalue weighted by atomic mass is 35.5. The van der Waals surface area contributed by atoms with Gasteiger partial charge in [0.2, 0.25) is 0 Å². The molecular weight excluding hydrogens is 271 g/mol. The molecule has 104 valence electrons. The van der Waals surface area contributed by atoms with Gasteiger partial charge >= 0.3 is 0 Å². The number of carbonyl (C=O) groups excluding carboxylic acids is 1. The number of morpholine rings is 1. The van der Waals surface area contributed by atoms with E-state index in [1.165, 1.54) is 12.1 Å². The van der Waals surface area contributed by atoms with E-state index < -0.39 is 5.82 Å². The first kappa shape index (κ1) is 14.2. The highest BCUT2D eigenvalue weighted by Gasteiger charge is 2.27. The predicted octanol–water partition coefficient (Wildman–Crippen LogP) is 0.721. The third-order valence-electron chi connectivity index (χ3n) is 3.33. The summed E-state index contributed by atoms with van der Waals surface area (Å²) < 4.78 is 18.8. The maximum Gasteiger partial charge on any atom is 0.282 e. The van der Waals surface area contributed by atoms with E-state index in [0.29, 0.717) is 18.2 Å². The lowest BCUT2D eigenvalue weighted by molar-refractivity contribution is -0.921. The second-order valence-electron chi connectivity index (χ2n) is 4.61. The molecule has 1 fully saturated rings. The molecule has 0 aliphatic carbocycles. The number of amides is 1. The Bertz CT molecular complexity index is 464. The summed E-state index contributed by atoms with van der Waals surface area (Å²) in [5.41, 5.74) is 0.161. The van der Waals surface area contributed by atoms with Gasteiger partial charge in [-0.05, 0) is 25.1 Å². The van der Waals surface area contributed by atoms with E-state index in [1.807, 2.05) is 6.92 Å². The number of nitrogens with one attached hydrogen (secondary N) is 2. The SMILES string of the molecule is C[C@H](C(=O)Nc1ccc(Cl)cc1F)[NH+]1CCOCC1.